The number of nitrogens with two attached hydrogens (primary N) is 1. The minimum Gasteiger partial charge on any atom is -0.368 e. The number of hydrogen-bond acceptors (Lipinski definition) is 6. The van der Waals surface area contributed by atoms with Crippen molar-refractivity contribution in [1.29, 1.82) is 0 Å². The Hall–Kier alpha value is -2.88. The number of aromatic nitrogens is 4. The molecule has 2 atom stereocenters. The normalized spacial score (nSPS) is 16.8. The third-order valence-electron chi connectivity index (χ3n) is 5.07. The molecule has 0 aliphatic carbocycles. The van der Waals surface area contributed by atoms with Gasteiger partial charge < -0.3 is 11.1 Å². The van der Waals surface area contributed by atoms with Gasteiger partial charge in [0, 0.05) is 0 Å². The summed E-state index contributed by atoms with van der Waals surface area (Å²) in [5.74, 6) is 0.729. The zero-order valence-corrected chi connectivity index (χ0v) is 18.4. The van der Waals surface area contributed by atoms with E-state index >= 15 is 0 Å². The van der Waals surface area contributed by atoms with E-state index in [0.717, 1.165) is 23.1 Å². The van der Waals surface area contributed by atoms with Gasteiger partial charge in [-0.1, -0.05) is 41.4 Å². The third kappa shape index (κ3) is 3.80. The summed E-state index contributed by atoms with van der Waals surface area (Å²) in [4.78, 5) is 9.07. The maximum atomic E-state index is 13.5. The molecule has 4 N–H and O–H groups in total. The molecule has 0 bridgehead atoms. The van der Waals surface area contributed by atoms with Crippen molar-refractivity contribution in [3.05, 3.63) is 64.3 Å². The van der Waals surface area contributed by atoms with E-state index in [-0.39, 0.29) is 12.0 Å². The minimum absolute atomic E-state index is 0.0750. The molecule has 158 valence electrons. The molecule has 2 aromatic heterocycles. The van der Waals surface area contributed by atoms with Crippen molar-refractivity contribution in [2.75, 3.05) is 21.9 Å². The largest absolute Gasteiger partial charge is 0.368 e. The third-order valence-corrected chi connectivity index (χ3v) is 7.22. The molecule has 2 aromatic carbocycles. The average Bonchev–Trinajstić information content (AvgIpc) is 3.23. The molecule has 0 saturated carbocycles. The highest BCUT2D eigenvalue weighted by Crippen LogP contribution is 2.33. The fraction of sp³-hybridized carbons (Fsp3) is 0.150. The lowest BCUT2D eigenvalue weighted by molar-refractivity contribution is 0.656. The molecule has 4 aromatic rings. The molecular weight excluding hydrogens is 457 g/mol. The second kappa shape index (κ2) is 7.99. The van der Waals surface area contributed by atoms with E-state index in [0.29, 0.717) is 33.0 Å². The predicted octanol–water partition coefficient (Wildman–Crippen LogP) is 3.81. The number of anilines is 3. The maximum Gasteiger partial charge on any atom is 0.224 e. The number of nitrogen functional groups attached to an aromatic ring is 1. The Morgan fingerprint density at radius 3 is 2.84 bits per heavy atom. The second-order valence-corrected chi connectivity index (χ2v) is 9.35. The number of hydrogen-bond donors (Lipinski definition) is 3. The first kappa shape index (κ1) is 20.0. The van der Waals surface area contributed by atoms with Crippen molar-refractivity contribution < 1.29 is 4.21 Å². The lowest BCUT2D eigenvalue weighted by atomic mass is 9.99. The van der Waals surface area contributed by atoms with Crippen LogP contribution in [0.1, 0.15) is 5.56 Å². The molecule has 0 spiro atoms. The lowest BCUT2D eigenvalue weighted by Gasteiger charge is -2.35. The van der Waals surface area contributed by atoms with E-state index in [4.69, 9.17) is 28.9 Å². The molecule has 2 unspecified atom stereocenters. The van der Waals surface area contributed by atoms with Crippen LogP contribution in [0.3, 0.4) is 0 Å². The Morgan fingerprint density at radius 1 is 1.16 bits per heavy atom. The quantitative estimate of drug-likeness (QED) is 0.415. The molecule has 1 aliphatic rings. The predicted molar refractivity (Wildman–Crippen MR) is 124 cm³/mol. The van der Waals surface area contributed by atoms with E-state index in [1.807, 2.05) is 28.6 Å². The monoisotopic (exact) mass is 473 g/mol. The first-order valence-corrected chi connectivity index (χ1v) is 11.3. The van der Waals surface area contributed by atoms with Gasteiger partial charge in [0.2, 0.25) is 5.95 Å². The Balaban J connectivity index is 1.49. The molecule has 3 heterocycles. The number of nitrogens with one attached hydrogen (secondary N) is 2. The van der Waals surface area contributed by atoms with E-state index in [2.05, 4.69) is 25.5 Å². The van der Waals surface area contributed by atoms with E-state index in [1.165, 1.54) is 0 Å². The fourth-order valence-corrected chi connectivity index (χ4v) is 5.37. The lowest BCUT2D eigenvalue weighted by Crippen LogP contribution is -2.43. The van der Waals surface area contributed by atoms with Gasteiger partial charge in [-0.05, 0) is 36.2 Å². The average molecular weight is 474 g/mol. The van der Waals surface area contributed by atoms with Gasteiger partial charge in [0.05, 0.1) is 44.8 Å². The standard InChI is InChI=1S/C20H17Cl2N7OS/c21-15-6-5-13(8-16(15)22)31(30)29-10-12(7-11-3-1-2-4-17(11)29)25-18-14-9-24-28-19(14)27-20(23)26-18/h1-6,8-9,12H,7,10H2,(H4,23,24,25,26,27,28). The summed E-state index contributed by atoms with van der Waals surface area (Å²) in [6.07, 6.45) is 2.38. The number of nitrogens with zero attached hydrogens (tertiary/aromatic N) is 4. The molecule has 0 amide bonds. The van der Waals surface area contributed by atoms with Crippen LogP contribution in [0, 0.1) is 0 Å². The number of aromatic amines is 1. The van der Waals surface area contributed by atoms with Gasteiger partial charge in [-0.2, -0.15) is 15.1 Å². The summed E-state index contributed by atoms with van der Waals surface area (Å²) in [7, 11) is -1.48. The van der Waals surface area contributed by atoms with E-state index in [9.17, 15) is 4.21 Å². The van der Waals surface area contributed by atoms with Gasteiger partial charge >= 0.3 is 0 Å². The highest BCUT2D eigenvalue weighted by Gasteiger charge is 2.29. The number of benzene rings is 2. The van der Waals surface area contributed by atoms with Crippen molar-refractivity contribution in [1.82, 2.24) is 20.2 Å². The highest BCUT2D eigenvalue weighted by molar-refractivity contribution is 7.86. The molecule has 31 heavy (non-hydrogen) atoms. The Morgan fingerprint density at radius 2 is 2.00 bits per heavy atom. The van der Waals surface area contributed by atoms with Crippen LogP contribution in [0.4, 0.5) is 17.5 Å². The number of fused-ring (bicyclic) bond motifs is 2. The summed E-state index contributed by atoms with van der Waals surface area (Å²) in [6, 6.07) is 12.9. The van der Waals surface area contributed by atoms with Gasteiger partial charge in [0.25, 0.3) is 0 Å². The summed E-state index contributed by atoms with van der Waals surface area (Å²) in [5, 5.41) is 11.8. The molecule has 0 fully saturated rings. The van der Waals surface area contributed by atoms with Crippen LogP contribution in [0.15, 0.2) is 53.6 Å². The van der Waals surface area contributed by atoms with Gasteiger partial charge in [-0.25, -0.2) is 4.21 Å². The van der Waals surface area contributed by atoms with Crippen molar-refractivity contribution in [3.63, 3.8) is 0 Å². The fourth-order valence-electron chi connectivity index (χ4n) is 3.68. The number of rotatable bonds is 4. The van der Waals surface area contributed by atoms with E-state index < -0.39 is 11.0 Å². The van der Waals surface area contributed by atoms with Crippen LogP contribution in [0.5, 0.6) is 0 Å². The van der Waals surface area contributed by atoms with Crippen molar-refractivity contribution in [3.8, 4) is 0 Å². The van der Waals surface area contributed by atoms with E-state index in [1.54, 1.807) is 24.4 Å². The summed E-state index contributed by atoms with van der Waals surface area (Å²) >= 11 is 12.2. The van der Waals surface area contributed by atoms with Gasteiger partial charge in [-0.3, -0.25) is 9.40 Å². The molecule has 11 heteroatoms. The zero-order valence-electron chi connectivity index (χ0n) is 16.0. The first-order chi connectivity index (χ1) is 15.0. The van der Waals surface area contributed by atoms with Crippen LogP contribution in [-0.2, 0) is 17.4 Å². The van der Waals surface area contributed by atoms with Crippen LogP contribution in [-0.4, -0.2) is 37.0 Å². The van der Waals surface area contributed by atoms with Crippen LogP contribution in [0.25, 0.3) is 11.0 Å². The minimum atomic E-state index is -1.48. The van der Waals surface area contributed by atoms with Crippen LogP contribution in [0.2, 0.25) is 10.0 Å². The summed E-state index contributed by atoms with van der Waals surface area (Å²) < 4.78 is 15.4. The molecule has 1 aliphatic heterocycles. The summed E-state index contributed by atoms with van der Waals surface area (Å²) in [6.45, 7) is 0.479. The van der Waals surface area contributed by atoms with Gasteiger partial charge in [0.1, 0.15) is 5.82 Å². The second-order valence-electron chi connectivity index (χ2n) is 7.12. The van der Waals surface area contributed by atoms with Crippen molar-refractivity contribution in [2.45, 2.75) is 17.4 Å². The highest BCUT2D eigenvalue weighted by atomic mass is 35.5. The zero-order chi connectivity index (χ0) is 21.5. The Kier molecular flexibility index (Phi) is 5.17. The molecule has 0 radical (unpaired) electrons. The van der Waals surface area contributed by atoms with Crippen LogP contribution >= 0.6 is 23.2 Å². The number of para-hydroxylation sites is 1. The van der Waals surface area contributed by atoms with Crippen LogP contribution < -0.4 is 15.4 Å². The maximum absolute atomic E-state index is 13.5. The Labute approximate surface area is 190 Å². The number of halogens is 2. The summed E-state index contributed by atoms with van der Waals surface area (Å²) in [5.41, 5.74) is 8.40. The van der Waals surface area contributed by atoms with Crippen molar-refractivity contribution >= 4 is 62.7 Å². The molecule has 5 rings (SSSR count). The molecule has 0 saturated heterocycles. The topological polar surface area (TPSA) is 113 Å². The Bertz CT molecular complexity index is 1310. The molecular formula is C20H17Cl2N7OS. The number of H-pyrrole nitrogens is 1. The van der Waals surface area contributed by atoms with Gasteiger partial charge in [-0.15, -0.1) is 0 Å². The van der Waals surface area contributed by atoms with Crippen molar-refractivity contribution in [2.24, 2.45) is 0 Å². The molecule has 8 nitrogen and oxygen atoms in total. The SMILES string of the molecule is Nc1nc(NC2Cc3ccccc3N(S(=O)c3ccc(Cl)c(Cl)c3)C2)c2cn[nH]c2n1. The smallest absolute Gasteiger partial charge is 0.224 e. The first-order valence-electron chi connectivity index (χ1n) is 9.45. The van der Waals surface area contributed by atoms with Gasteiger partial charge in [0.15, 0.2) is 16.6 Å².